The summed E-state index contributed by atoms with van der Waals surface area (Å²) in [7, 11) is 0. The van der Waals surface area contributed by atoms with Crippen LogP contribution in [-0.2, 0) is 12.6 Å². The Morgan fingerprint density at radius 3 is 1.76 bits per heavy atom. The molecule has 0 atom stereocenters. The number of hydrogen-bond acceptors (Lipinski definition) is 0. The summed E-state index contributed by atoms with van der Waals surface area (Å²) in [5, 5.41) is 0. The van der Waals surface area contributed by atoms with Gasteiger partial charge in [0.05, 0.1) is 5.56 Å². The smallest absolute Gasteiger partial charge is 0.207 e. The Bertz CT molecular complexity index is 306. The molecule has 0 saturated heterocycles. The van der Waals surface area contributed by atoms with Crippen molar-refractivity contribution in [3.05, 3.63) is 35.1 Å². The van der Waals surface area contributed by atoms with Crippen LogP contribution >= 0.6 is 0 Å². The minimum atomic E-state index is -4.47. The molecule has 0 saturated carbocycles. The maximum Gasteiger partial charge on any atom is 0.416 e. The molecule has 0 bridgehead atoms. The zero-order valence-electron chi connectivity index (χ0n) is 8.46. The molecular formula is C9H8F8. The molecule has 100 valence electrons. The zero-order valence-corrected chi connectivity index (χ0v) is 8.46. The van der Waals surface area contributed by atoms with Crippen molar-refractivity contribution in [3.63, 3.8) is 0 Å². The average molecular weight is 268 g/mol. The minimum Gasteiger partial charge on any atom is -0.207 e. The standard InChI is InChI=1S/C9H8F4.2F2/c1-2-6-3-7(9(11,12)13)5-8(10)4-6;2*1-2/h3-5H,2H2,1H3;;. The van der Waals surface area contributed by atoms with Crippen molar-refractivity contribution in [2.75, 3.05) is 0 Å². The number of rotatable bonds is 1. The van der Waals surface area contributed by atoms with E-state index in [9.17, 15) is 17.6 Å². The molecule has 1 aromatic rings. The molecular weight excluding hydrogens is 260 g/mol. The van der Waals surface area contributed by atoms with Gasteiger partial charge in [0.15, 0.2) is 0 Å². The Morgan fingerprint density at radius 2 is 1.41 bits per heavy atom. The molecule has 1 aromatic carbocycles. The Morgan fingerprint density at radius 1 is 0.941 bits per heavy atom. The minimum absolute atomic E-state index is 0.354. The van der Waals surface area contributed by atoms with Crippen LogP contribution in [0.5, 0.6) is 0 Å². The van der Waals surface area contributed by atoms with E-state index >= 15 is 0 Å². The van der Waals surface area contributed by atoms with E-state index < -0.39 is 17.6 Å². The van der Waals surface area contributed by atoms with Crippen molar-refractivity contribution in [1.29, 1.82) is 0 Å². The fourth-order valence-electron chi connectivity index (χ4n) is 1.02. The van der Waals surface area contributed by atoms with Gasteiger partial charge in [0.2, 0.25) is 0 Å². The highest BCUT2D eigenvalue weighted by Gasteiger charge is 2.31. The lowest BCUT2D eigenvalue weighted by molar-refractivity contribution is -0.137. The van der Waals surface area contributed by atoms with E-state index in [0.717, 1.165) is 12.1 Å². The number of aryl methyl sites for hydroxylation is 1. The molecule has 0 unspecified atom stereocenters. The van der Waals surface area contributed by atoms with Crippen molar-refractivity contribution >= 4 is 0 Å². The van der Waals surface area contributed by atoms with Gasteiger partial charge in [0, 0.05) is 18.3 Å². The van der Waals surface area contributed by atoms with Crippen molar-refractivity contribution in [2.24, 2.45) is 0 Å². The molecule has 0 nitrogen and oxygen atoms in total. The lowest BCUT2D eigenvalue weighted by Gasteiger charge is -2.08. The van der Waals surface area contributed by atoms with E-state index in [2.05, 4.69) is 0 Å². The van der Waals surface area contributed by atoms with Gasteiger partial charge in [-0.05, 0) is 30.2 Å². The highest BCUT2D eigenvalue weighted by Crippen LogP contribution is 2.30. The maximum absolute atomic E-state index is 12.6. The fourth-order valence-corrected chi connectivity index (χ4v) is 1.02. The third-order valence-corrected chi connectivity index (χ3v) is 1.69. The van der Waals surface area contributed by atoms with E-state index in [4.69, 9.17) is 18.3 Å². The van der Waals surface area contributed by atoms with Gasteiger partial charge in [0.25, 0.3) is 0 Å². The molecule has 0 aliphatic rings. The lowest BCUT2D eigenvalue weighted by atomic mass is 10.1. The van der Waals surface area contributed by atoms with Gasteiger partial charge < -0.3 is 0 Å². The quantitative estimate of drug-likeness (QED) is 0.622. The van der Waals surface area contributed by atoms with Crippen LogP contribution in [0.2, 0.25) is 0 Å². The van der Waals surface area contributed by atoms with Crippen LogP contribution < -0.4 is 0 Å². The summed E-state index contributed by atoms with van der Waals surface area (Å²) in [6, 6.07) is 2.57. The van der Waals surface area contributed by atoms with Crippen LogP contribution in [0.4, 0.5) is 35.9 Å². The van der Waals surface area contributed by atoms with E-state index in [1.54, 1.807) is 6.92 Å². The molecule has 0 radical (unpaired) electrons. The molecule has 0 aromatic heterocycles. The predicted molar refractivity (Wildman–Crippen MR) is 45.2 cm³/mol. The van der Waals surface area contributed by atoms with E-state index in [-0.39, 0.29) is 0 Å². The fraction of sp³-hybridized carbons (Fsp3) is 0.333. The van der Waals surface area contributed by atoms with E-state index in [1.165, 1.54) is 0 Å². The van der Waals surface area contributed by atoms with Gasteiger partial charge in [0.1, 0.15) is 5.82 Å². The van der Waals surface area contributed by atoms with Gasteiger partial charge in [-0.1, -0.05) is 6.92 Å². The van der Waals surface area contributed by atoms with Crippen LogP contribution in [0.25, 0.3) is 0 Å². The summed E-state index contributed by atoms with van der Waals surface area (Å²) in [6.07, 6.45) is -4.08. The normalized spacial score (nSPS) is 9.71. The second-order valence-corrected chi connectivity index (χ2v) is 2.70. The predicted octanol–water partition coefficient (Wildman–Crippen LogP) is 5.09. The molecule has 0 aliphatic heterocycles. The van der Waals surface area contributed by atoms with Gasteiger partial charge in [-0.2, -0.15) is 13.2 Å². The van der Waals surface area contributed by atoms with E-state index in [1.807, 2.05) is 0 Å². The molecule has 1 rings (SSSR count). The highest BCUT2D eigenvalue weighted by molar-refractivity contribution is 5.26. The Labute approximate surface area is 91.6 Å². The number of benzene rings is 1. The second-order valence-electron chi connectivity index (χ2n) is 2.70. The highest BCUT2D eigenvalue weighted by atomic mass is 20.0. The summed E-state index contributed by atoms with van der Waals surface area (Å²) in [5.74, 6) is -0.841. The lowest BCUT2D eigenvalue weighted by Crippen LogP contribution is -2.06. The first-order valence-corrected chi connectivity index (χ1v) is 4.08. The Hall–Kier alpha value is -1.34. The zero-order chi connectivity index (χ0) is 14.1. The third kappa shape index (κ3) is 6.75. The second kappa shape index (κ2) is 8.77. The molecule has 0 heterocycles. The summed E-state index contributed by atoms with van der Waals surface area (Å²) >= 11 is 0. The summed E-state index contributed by atoms with van der Waals surface area (Å²) in [6.45, 7) is 1.68. The molecule has 17 heavy (non-hydrogen) atoms. The van der Waals surface area contributed by atoms with Gasteiger partial charge in [-0.25, -0.2) is 4.39 Å². The Kier molecular flexibility index (Phi) is 9.31. The van der Waals surface area contributed by atoms with Crippen molar-refractivity contribution in [3.8, 4) is 0 Å². The van der Waals surface area contributed by atoms with Crippen LogP contribution in [-0.4, -0.2) is 0 Å². The molecule has 0 amide bonds. The molecule has 0 aliphatic carbocycles. The topological polar surface area (TPSA) is 0 Å². The number of hydrogen-bond donors (Lipinski definition) is 0. The summed E-state index contributed by atoms with van der Waals surface area (Å²) < 4.78 is 81.0. The first-order valence-electron chi connectivity index (χ1n) is 4.08. The van der Waals surface area contributed by atoms with Crippen LogP contribution in [0.3, 0.4) is 0 Å². The molecule has 8 heteroatoms. The van der Waals surface area contributed by atoms with Crippen molar-refractivity contribution < 1.29 is 35.9 Å². The van der Waals surface area contributed by atoms with Gasteiger partial charge in [-0.15, -0.1) is 0 Å². The SMILES string of the molecule is CCc1cc(F)cc(C(F)(F)F)c1.FF.FF. The number of alkyl halides is 3. The van der Waals surface area contributed by atoms with Crippen molar-refractivity contribution in [2.45, 2.75) is 19.5 Å². The molecule has 0 fully saturated rings. The largest absolute Gasteiger partial charge is 0.416 e. The average Bonchev–Trinajstić information content (AvgIpc) is 2.32. The van der Waals surface area contributed by atoms with Crippen LogP contribution in [0.15, 0.2) is 18.2 Å². The van der Waals surface area contributed by atoms with Gasteiger partial charge in [-0.3, -0.25) is 0 Å². The first-order chi connectivity index (χ1) is 7.93. The monoisotopic (exact) mass is 268 g/mol. The Balaban J connectivity index is 0. The number of halogens is 8. The molecule has 0 spiro atoms. The molecule has 0 N–H and O–H groups in total. The van der Waals surface area contributed by atoms with Crippen LogP contribution in [0, 0.1) is 5.82 Å². The van der Waals surface area contributed by atoms with Gasteiger partial charge >= 0.3 is 6.18 Å². The first kappa shape index (κ1) is 18.0. The maximum atomic E-state index is 12.6. The summed E-state index contributed by atoms with van der Waals surface area (Å²) in [4.78, 5) is 0. The third-order valence-electron chi connectivity index (χ3n) is 1.69. The van der Waals surface area contributed by atoms with Crippen molar-refractivity contribution in [1.82, 2.24) is 0 Å². The van der Waals surface area contributed by atoms with E-state index in [0.29, 0.717) is 18.1 Å². The van der Waals surface area contributed by atoms with Crippen LogP contribution in [0.1, 0.15) is 18.1 Å². The summed E-state index contributed by atoms with van der Waals surface area (Å²) in [5.41, 5.74) is -0.573.